The number of rotatable bonds is 2. The van der Waals surface area contributed by atoms with Crippen LogP contribution in [0.1, 0.15) is 54.7 Å². The minimum absolute atomic E-state index is 0.384. The van der Waals surface area contributed by atoms with Gasteiger partial charge in [-0.3, -0.25) is 0 Å². The summed E-state index contributed by atoms with van der Waals surface area (Å²) in [7, 11) is 0. The maximum absolute atomic E-state index is 3.92. The summed E-state index contributed by atoms with van der Waals surface area (Å²) >= 11 is 7.85. The van der Waals surface area contributed by atoms with Gasteiger partial charge in [0.25, 0.3) is 0 Å². The highest BCUT2D eigenvalue weighted by Gasteiger charge is 2.20. The van der Waals surface area contributed by atoms with E-state index in [0.29, 0.717) is 4.83 Å². The predicted octanol–water partition coefficient (Wildman–Crippen LogP) is 6.18. The Labute approximate surface area is 132 Å². The van der Waals surface area contributed by atoms with E-state index >= 15 is 0 Å². The molecule has 0 aliphatic heterocycles. The molecule has 19 heavy (non-hydrogen) atoms. The molecule has 0 N–H and O–H groups in total. The predicted molar refractivity (Wildman–Crippen MR) is 90.1 cm³/mol. The zero-order valence-electron chi connectivity index (χ0n) is 11.5. The molecule has 1 aliphatic rings. The molecule has 2 aromatic rings. The van der Waals surface area contributed by atoms with Gasteiger partial charge in [0.15, 0.2) is 0 Å². The van der Waals surface area contributed by atoms with Crippen molar-refractivity contribution in [3.05, 3.63) is 42.8 Å². The SMILES string of the molecule is Cc1cc(C(Br)c2cc3c(s2)CCCCC3)c(C)s1. The Morgan fingerprint density at radius 1 is 1.05 bits per heavy atom. The Hall–Kier alpha value is -0.120. The molecule has 1 unspecified atom stereocenters. The third kappa shape index (κ3) is 2.84. The standard InChI is InChI=1S/C16H19BrS2/c1-10-8-13(11(2)18-10)16(17)15-9-12-6-4-3-5-7-14(12)19-15/h8-9,16H,3-7H2,1-2H3. The van der Waals surface area contributed by atoms with Crippen molar-refractivity contribution < 1.29 is 0 Å². The van der Waals surface area contributed by atoms with E-state index < -0.39 is 0 Å². The van der Waals surface area contributed by atoms with Crippen LogP contribution in [0.2, 0.25) is 0 Å². The molecule has 0 radical (unpaired) electrons. The van der Waals surface area contributed by atoms with Crippen molar-refractivity contribution in [2.45, 2.75) is 50.8 Å². The summed E-state index contributed by atoms with van der Waals surface area (Å²) in [6.07, 6.45) is 6.72. The topological polar surface area (TPSA) is 0 Å². The van der Waals surface area contributed by atoms with E-state index in [9.17, 15) is 0 Å². The smallest absolute Gasteiger partial charge is 0.0748 e. The van der Waals surface area contributed by atoms with Gasteiger partial charge in [-0.1, -0.05) is 22.4 Å². The van der Waals surface area contributed by atoms with Crippen molar-refractivity contribution in [1.29, 1.82) is 0 Å². The highest BCUT2D eigenvalue weighted by molar-refractivity contribution is 9.09. The second kappa shape index (κ2) is 5.71. The Morgan fingerprint density at radius 2 is 1.84 bits per heavy atom. The second-order valence-corrected chi connectivity index (χ2v) is 8.93. The first-order valence-corrected chi connectivity index (χ1v) is 9.52. The number of alkyl halides is 1. The van der Waals surface area contributed by atoms with Crippen LogP contribution < -0.4 is 0 Å². The molecule has 3 heteroatoms. The van der Waals surface area contributed by atoms with Crippen LogP contribution in [0.15, 0.2) is 12.1 Å². The minimum Gasteiger partial charge on any atom is -0.146 e. The van der Waals surface area contributed by atoms with Gasteiger partial charge >= 0.3 is 0 Å². The number of hydrogen-bond donors (Lipinski definition) is 0. The van der Waals surface area contributed by atoms with Gasteiger partial charge in [-0.25, -0.2) is 0 Å². The third-order valence-electron chi connectivity index (χ3n) is 3.87. The maximum Gasteiger partial charge on any atom is 0.0748 e. The van der Waals surface area contributed by atoms with Gasteiger partial charge in [-0.2, -0.15) is 0 Å². The number of fused-ring (bicyclic) bond motifs is 1. The van der Waals surface area contributed by atoms with Crippen LogP contribution in [-0.4, -0.2) is 0 Å². The molecule has 0 saturated carbocycles. The zero-order valence-corrected chi connectivity index (χ0v) is 14.7. The molecule has 0 bridgehead atoms. The first-order valence-electron chi connectivity index (χ1n) is 6.97. The molecule has 1 atom stereocenters. The van der Waals surface area contributed by atoms with Gasteiger partial charge in [0, 0.05) is 19.5 Å². The highest BCUT2D eigenvalue weighted by Crippen LogP contribution is 2.41. The monoisotopic (exact) mass is 354 g/mol. The third-order valence-corrected chi connectivity index (χ3v) is 7.44. The molecule has 2 aromatic heterocycles. The summed E-state index contributed by atoms with van der Waals surface area (Å²) in [5, 5.41) is 0. The lowest BCUT2D eigenvalue weighted by atomic mass is 10.1. The lowest BCUT2D eigenvalue weighted by Crippen LogP contribution is -1.89. The quantitative estimate of drug-likeness (QED) is 0.446. The molecular formula is C16H19BrS2. The fourth-order valence-corrected chi connectivity index (χ4v) is 6.13. The van der Waals surface area contributed by atoms with Gasteiger partial charge < -0.3 is 0 Å². The normalized spacial score (nSPS) is 17.0. The molecule has 3 rings (SSSR count). The van der Waals surface area contributed by atoms with E-state index in [4.69, 9.17) is 0 Å². The van der Waals surface area contributed by atoms with Crippen molar-refractivity contribution in [2.24, 2.45) is 0 Å². The molecular weight excluding hydrogens is 336 g/mol. The van der Waals surface area contributed by atoms with Crippen LogP contribution in [0.5, 0.6) is 0 Å². The van der Waals surface area contributed by atoms with Crippen LogP contribution >= 0.6 is 38.6 Å². The average molecular weight is 355 g/mol. The van der Waals surface area contributed by atoms with Crippen molar-refractivity contribution >= 4 is 38.6 Å². The number of hydrogen-bond acceptors (Lipinski definition) is 2. The van der Waals surface area contributed by atoms with Gasteiger partial charge in [-0.15, -0.1) is 22.7 Å². The van der Waals surface area contributed by atoms with Crippen molar-refractivity contribution in [1.82, 2.24) is 0 Å². The van der Waals surface area contributed by atoms with Crippen molar-refractivity contribution in [3.8, 4) is 0 Å². The van der Waals surface area contributed by atoms with Crippen molar-refractivity contribution in [2.75, 3.05) is 0 Å². The van der Waals surface area contributed by atoms with Gasteiger partial charge in [0.1, 0.15) is 0 Å². The van der Waals surface area contributed by atoms with Crippen LogP contribution in [0.4, 0.5) is 0 Å². The first kappa shape index (κ1) is 13.8. The largest absolute Gasteiger partial charge is 0.146 e. The van der Waals surface area contributed by atoms with Crippen molar-refractivity contribution in [3.63, 3.8) is 0 Å². The van der Waals surface area contributed by atoms with E-state index in [1.54, 1.807) is 10.4 Å². The number of aryl methyl sites for hydroxylation is 4. The Balaban J connectivity index is 1.92. The van der Waals surface area contributed by atoms with Crippen LogP contribution in [-0.2, 0) is 12.8 Å². The first-order chi connectivity index (χ1) is 9.15. The van der Waals surface area contributed by atoms with Gasteiger partial charge in [0.2, 0.25) is 0 Å². The van der Waals surface area contributed by atoms with E-state index in [1.165, 1.54) is 52.3 Å². The lowest BCUT2D eigenvalue weighted by molar-refractivity contribution is 0.712. The molecule has 0 fully saturated rings. The second-order valence-electron chi connectivity index (χ2n) is 5.39. The molecule has 0 saturated heterocycles. The van der Waals surface area contributed by atoms with E-state index in [-0.39, 0.29) is 0 Å². The van der Waals surface area contributed by atoms with Gasteiger partial charge in [0.05, 0.1) is 4.83 Å². The molecule has 0 amide bonds. The summed E-state index contributed by atoms with van der Waals surface area (Å²) in [5.74, 6) is 0. The molecule has 2 heterocycles. The number of thiophene rings is 2. The molecule has 0 spiro atoms. The summed E-state index contributed by atoms with van der Waals surface area (Å²) in [6.45, 7) is 4.43. The van der Waals surface area contributed by atoms with Gasteiger partial charge in [-0.05, 0) is 62.8 Å². The molecule has 1 aliphatic carbocycles. The van der Waals surface area contributed by atoms with E-state index in [1.807, 2.05) is 22.7 Å². The van der Waals surface area contributed by atoms with Crippen LogP contribution in [0, 0.1) is 13.8 Å². The minimum atomic E-state index is 0.384. The Morgan fingerprint density at radius 3 is 2.58 bits per heavy atom. The summed E-state index contributed by atoms with van der Waals surface area (Å²) < 4.78 is 0. The van der Waals surface area contributed by atoms with Crippen LogP contribution in [0.3, 0.4) is 0 Å². The Bertz CT molecular complexity index is 556. The van der Waals surface area contributed by atoms with Crippen LogP contribution in [0.25, 0.3) is 0 Å². The summed E-state index contributed by atoms with van der Waals surface area (Å²) in [4.78, 5) is 6.38. The Kier molecular flexibility index (Phi) is 4.16. The number of halogens is 1. The van der Waals surface area contributed by atoms with E-state index in [2.05, 4.69) is 41.9 Å². The fraction of sp³-hybridized carbons (Fsp3) is 0.500. The lowest BCUT2D eigenvalue weighted by Gasteiger charge is -2.07. The van der Waals surface area contributed by atoms with E-state index in [0.717, 1.165) is 0 Å². The summed E-state index contributed by atoms with van der Waals surface area (Å²) in [5.41, 5.74) is 3.07. The summed E-state index contributed by atoms with van der Waals surface area (Å²) in [6, 6.07) is 4.79. The zero-order chi connectivity index (χ0) is 13.4. The molecule has 102 valence electrons. The fourth-order valence-electron chi connectivity index (χ4n) is 2.87. The molecule has 0 nitrogen and oxygen atoms in total. The molecule has 0 aromatic carbocycles. The maximum atomic E-state index is 3.92. The average Bonchev–Trinajstić information content (AvgIpc) is 2.85. The highest BCUT2D eigenvalue weighted by atomic mass is 79.9.